The zero-order chi connectivity index (χ0) is 43.2. The molecule has 5 aromatic rings. The molecule has 7 rings (SSSR count). The number of carbonyl (C=O) groups excluding carboxylic acids is 2. The Labute approximate surface area is 367 Å². The van der Waals surface area contributed by atoms with E-state index < -0.39 is 12.2 Å². The fraction of sp³-hybridized carbons (Fsp3) is 0.354. The first-order valence-corrected chi connectivity index (χ1v) is 21.6. The highest BCUT2D eigenvalue weighted by atomic mass is 35.5. The van der Waals surface area contributed by atoms with Crippen LogP contribution in [0, 0.1) is 5.82 Å². The molecular weight excluding hydrogens is 814 g/mol. The number of aliphatic hydroxyl groups excluding tert-OH is 2. The van der Waals surface area contributed by atoms with Gasteiger partial charge in [-0.3, -0.25) is 24.4 Å². The molecule has 2 aliphatic rings. The molecule has 61 heavy (non-hydrogen) atoms. The van der Waals surface area contributed by atoms with Gasteiger partial charge in [0.05, 0.1) is 42.5 Å². The zero-order valence-electron chi connectivity index (χ0n) is 34.8. The van der Waals surface area contributed by atoms with Crippen LogP contribution in [0.15, 0.2) is 108 Å². The minimum absolute atomic E-state index is 0.0313. The Kier molecular flexibility index (Phi) is 14.4. The normalized spacial score (nSPS) is 17.1. The van der Waals surface area contributed by atoms with E-state index in [-0.39, 0.29) is 55.4 Å². The van der Waals surface area contributed by atoms with Crippen molar-refractivity contribution in [1.29, 1.82) is 0 Å². The van der Waals surface area contributed by atoms with Crippen LogP contribution in [0.1, 0.15) is 60.6 Å². The Morgan fingerprint density at radius 2 is 1.59 bits per heavy atom. The van der Waals surface area contributed by atoms with Crippen LogP contribution in [0.5, 0.6) is 0 Å². The summed E-state index contributed by atoms with van der Waals surface area (Å²) < 4.78 is 16.4. The van der Waals surface area contributed by atoms with Crippen LogP contribution in [-0.4, -0.2) is 105 Å². The van der Waals surface area contributed by atoms with Crippen LogP contribution in [0.3, 0.4) is 0 Å². The van der Waals surface area contributed by atoms with Gasteiger partial charge in [-0.2, -0.15) is 0 Å². The Balaban J connectivity index is 1.10. The van der Waals surface area contributed by atoms with Crippen molar-refractivity contribution >= 4 is 46.5 Å². The highest BCUT2D eigenvalue weighted by molar-refractivity contribution is 6.35. The number of para-hydroxylation sites is 1. The van der Waals surface area contributed by atoms with Gasteiger partial charge in [0.2, 0.25) is 5.91 Å². The van der Waals surface area contributed by atoms with Crippen molar-refractivity contribution in [3.05, 3.63) is 136 Å². The minimum Gasteiger partial charge on any atom is -0.393 e. The van der Waals surface area contributed by atoms with Gasteiger partial charge in [0, 0.05) is 66.3 Å². The predicted molar refractivity (Wildman–Crippen MR) is 242 cm³/mol. The lowest BCUT2D eigenvalue weighted by Crippen LogP contribution is -2.58. The van der Waals surface area contributed by atoms with Crippen LogP contribution in [0.2, 0.25) is 10.0 Å². The van der Waals surface area contributed by atoms with Crippen molar-refractivity contribution < 1.29 is 24.2 Å². The van der Waals surface area contributed by atoms with E-state index in [0.717, 1.165) is 35.6 Å². The average Bonchev–Trinajstić information content (AvgIpc) is 3.87. The monoisotopic (exact) mass is 866 g/mol. The number of carbonyl (C=O) groups is 2. The van der Waals surface area contributed by atoms with Gasteiger partial charge >= 0.3 is 0 Å². The molecule has 2 aliphatic heterocycles. The molecule has 1 unspecified atom stereocenters. The average molecular weight is 868 g/mol. The largest absolute Gasteiger partial charge is 0.393 e. The molecule has 3 atom stereocenters. The third kappa shape index (κ3) is 10.4. The van der Waals surface area contributed by atoms with Crippen molar-refractivity contribution in [2.45, 2.75) is 70.4 Å². The molecule has 1 fully saturated rings. The fourth-order valence-electron chi connectivity index (χ4n) is 8.58. The van der Waals surface area contributed by atoms with E-state index in [0.29, 0.717) is 64.4 Å². The third-order valence-corrected chi connectivity index (χ3v) is 12.1. The van der Waals surface area contributed by atoms with Gasteiger partial charge in [0.15, 0.2) is 0 Å². The predicted octanol–water partition coefficient (Wildman–Crippen LogP) is 8.59. The molecule has 10 nitrogen and oxygen atoms in total. The summed E-state index contributed by atoms with van der Waals surface area (Å²) in [5, 5.41) is 27.1. The molecule has 3 N–H and O–H groups in total. The number of hydrogen-bond acceptors (Lipinski definition) is 7. The van der Waals surface area contributed by atoms with Gasteiger partial charge in [0.1, 0.15) is 11.7 Å². The maximum atomic E-state index is 14.4. The van der Waals surface area contributed by atoms with Gasteiger partial charge in [-0.05, 0) is 91.0 Å². The van der Waals surface area contributed by atoms with Crippen LogP contribution >= 0.6 is 23.2 Å². The SMILES string of the molecule is CC(C)c1c(C(=O)Nc2ccccc2)c(-c2ccccc2)c(-c2ccc(F)cc2)n1CC[C@@H](O)C[C@@H](O)CC(=O)N1CCN=C1C1CN(C)CCN1Cc1ccc(Cl)cc1Cl. The van der Waals surface area contributed by atoms with Crippen molar-refractivity contribution in [2.24, 2.45) is 4.99 Å². The van der Waals surface area contributed by atoms with E-state index >= 15 is 0 Å². The number of nitrogens with one attached hydrogen (secondary N) is 1. The summed E-state index contributed by atoms with van der Waals surface area (Å²) in [7, 11) is 2.05. The molecule has 4 aromatic carbocycles. The number of piperazine rings is 1. The number of rotatable bonds is 15. The summed E-state index contributed by atoms with van der Waals surface area (Å²) >= 11 is 12.7. The third-order valence-electron chi connectivity index (χ3n) is 11.5. The second kappa shape index (κ2) is 19.9. The van der Waals surface area contributed by atoms with Crippen LogP contribution in [0.25, 0.3) is 22.4 Å². The molecule has 0 saturated carbocycles. The highest BCUT2D eigenvalue weighted by Crippen LogP contribution is 2.43. The van der Waals surface area contributed by atoms with Crippen molar-refractivity contribution in [1.82, 2.24) is 19.3 Å². The van der Waals surface area contributed by atoms with Gasteiger partial charge in [-0.25, -0.2) is 4.39 Å². The summed E-state index contributed by atoms with van der Waals surface area (Å²) in [5.41, 5.74) is 5.79. The number of amidine groups is 1. The number of halogens is 3. The molecule has 2 amide bonds. The summed E-state index contributed by atoms with van der Waals surface area (Å²) in [6.07, 6.45) is -2.08. The number of nitrogens with zero attached hydrogens (tertiary/aromatic N) is 5. The minimum atomic E-state index is -1.11. The number of aromatic nitrogens is 1. The van der Waals surface area contributed by atoms with E-state index in [1.165, 1.54) is 12.1 Å². The van der Waals surface area contributed by atoms with E-state index in [2.05, 4.69) is 26.7 Å². The lowest BCUT2D eigenvalue weighted by atomic mass is 9.94. The summed E-state index contributed by atoms with van der Waals surface area (Å²) in [6, 6.07) is 30.5. The maximum Gasteiger partial charge on any atom is 0.258 e. The number of likely N-dealkylation sites (N-methyl/N-ethyl adjacent to an activating group) is 1. The number of benzene rings is 4. The molecule has 0 bridgehead atoms. The molecule has 3 heterocycles. The molecule has 0 radical (unpaired) electrons. The molecule has 0 aliphatic carbocycles. The van der Waals surface area contributed by atoms with E-state index in [1.54, 1.807) is 23.1 Å². The molecule has 1 saturated heterocycles. The number of amides is 2. The van der Waals surface area contributed by atoms with E-state index in [1.807, 2.05) is 86.6 Å². The fourth-order valence-corrected chi connectivity index (χ4v) is 9.04. The smallest absolute Gasteiger partial charge is 0.258 e. The van der Waals surface area contributed by atoms with E-state index in [9.17, 15) is 24.2 Å². The molecule has 1 aromatic heterocycles. The molecule has 0 spiro atoms. The van der Waals surface area contributed by atoms with Crippen LogP contribution in [0.4, 0.5) is 10.1 Å². The van der Waals surface area contributed by atoms with Gasteiger partial charge in [-0.15, -0.1) is 0 Å². The number of aliphatic imine (C=N–C) groups is 1. The second-order valence-corrected chi connectivity index (χ2v) is 17.1. The topological polar surface area (TPSA) is 114 Å². The van der Waals surface area contributed by atoms with Crippen LogP contribution in [-0.2, 0) is 17.9 Å². The highest BCUT2D eigenvalue weighted by Gasteiger charge is 2.37. The number of aliphatic hydroxyl groups is 2. The summed E-state index contributed by atoms with van der Waals surface area (Å²) in [4.78, 5) is 39.3. The maximum absolute atomic E-state index is 14.4. The first-order valence-electron chi connectivity index (χ1n) is 20.9. The Hall–Kier alpha value is -4.88. The van der Waals surface area contributed by atoms with Gasteiger partial charge in [-0.1, -0.05) is 91.6 Å². The van der Waals surface area contributed by atoms with Gasteiger partial charge < -0.3 is 25.0 Å². The second-order valence-electron chi connectivity index (χ2n) is 16.3. The summed E-state index contributed by atoms with van der Waals surface area (Å²) in [6.45, 7) is 8.06. The van der Waals surface area contributed by atoms with Crippen LogP contribution < -0.4 is 5.32 Å². The lowest BCUT2D eigenvalue weighted by Gasteiger charge is -2.41. The van der Waals surface area contributed by atoms with Crippen molar-refractivity contribution in [3.8, 4) is 22.4 Å². The molecular formula is C48H53Cl2FN6O4. The van der Waals surface area contributed by atoms with Gasteiger partial charge in [0.25, 0.3) is 5.91 Å². The first kappa shape index (κ1) is 44.2. The van der Waals surface area contributed by atoms with Crippen molar-refractivity contribution in [3.63, 3.8) is 0 Å². The quantitative estimate of drug-likeness (QED) is 0.0973. The van der Waals surface area contributed by atoms with E-state index in [4.69, 9.17) is 28.2 Å². The number of hydrogen-bond donors (Lipinski definition) is 3. The Morgan fingerprint density at radius 3 is 2.28 bits per heavy atom. The Bertz CT molecular complexity index is 2340. The first-order chi connectivity index (χ1) is 29.4. The number of anilines is 1. The molecule has 13 heteroatoms. The zero-order valence-corrected chi connectivity index (χ0v) is 36.3. The lowest BCUT2D eigenvalue weighted by molar-refractivity contribution is -0.129. The standard InChI is InChI=1S/C48H53Cl2FN6O4/c1-31(2)45-44(48(61)53-37-12-8-5-9-13-37)43(32-10-6-4-7-11-32)46(33-15-18-36(51)19-16-33)57(45)22-20-38(58)27-39(59)28-42(60)56-23-21-52-47(56)41-30-54(3)24-25-55(41)29-34-14-17-35(49)26-40(34)50/h4-19,26,31,38-39,41,58-59H,20-25,27-30H2,1-3H3,(H,53,61)/t38-,39-,41?/m1/s1. The van der Waals surface area contributed by atoms with Crippen molar-refractivity contribution in [2.75, 3.05) is 45.1 Å². The molecule has 320 valence electrons. The Morgan fingerprint density at radius 1 is 0.885 bits per heavy atom. The summed E-state index contributed by atoms with van der Waals surface area (Å²) in [5.74, 6) is -0.370.